The fourth-order valence-corrected chi connectivity index (χ4v) is 2.66. The Morgan fingerprint density at radius 2 is 2.24 bits per heavy atom. The van der Waals surface area contributed by atoms with E-state index >= 15 is 0 Å². The Hall–Kier alpha value is -1.75. The summed E-state index contributed by atoms with van der Waals surface area (Å²) in [5, 5.41) is 1.14. The number of H-pyrrole nitrogens is 1. The zero-order chi connectivity index (χ0) is 14.1. The molecular weight excluding hydrogens is 290 g/mol. The minimum atomic E-state index is 0. The second-order valence-corrected chi connectivity index (χ2v) is 5.25. The van der Waals surface area contributed by atoms with Crippen LogP contribution < -0.4 is 4.74 Å². The van der Waals surface area contributed by atoms with E-state index in [0.29, 0.717) is 25.5 Å². The van der Waals surface area contributed by atoms with Gasteiger partial charge in [-0.2, -0.15) is 0 Å². The molecule has 1 aliphatic heterocycles. The van der Waals surface area contributed by atoms with Crippen molar-refractivity contribution in [3.63, 3.8) is 0 Å². The van der Waals surface area contributed by atoms with Gasteiger partial charge in [-0.15, -0.1) is 12.4 Å². The quantitative estimate of drug-likeness (QED) is 0.944. The highest BCUT2D eigenvalue weighted by atomic mass is 35.5. The lowest BCUT2D eigenvalue weighted by atomic mass is 10.2. The van der Waals surface area contributed by atoms with Crippen LogP contribution in [0.3, 0.4) is 0 Å². The third-order valence-corrected chi connectivity index (χ3v) is 3.97. The molecule has 1 N–H and O–H groups in total. The Bertz CT molecular complexity index is 654. The predicted octanol–water partition coefficient (Wildman–Crippen LogP) is 2.60. The number of pyridine rings is 1. The number of fused-ring (bicyclic) bond motifs is 1. The molecule has 0 aromatic carbocycles. The van der Waals surface area contributed by atoms with Gasteiger partial charge in [0.15, 0.2) is 0 Å². The number of hydrogen-bond donors (Lipinski definition) is 1. The van der Waals surface area contributed by atoms with E-state index in [-0.39, 0.29) is 18.3 Å². The van der Waals surface area contributed by atoms with Crippen LogP contribution in [0.2, 0.25) is 0 Å². The summed E-state index contributed by atoms with van der Waals surface area (Å²) in [7, 11) is 0. The molecule has 0 unspecified atom stereocenters. The van der Waals surface area contributed by atoms with Crippen LogP contribution in [0.15, 0.2) is 12.3 Å². The van der Waals surface area contributed by atoms with Crippen LogP contribution in [0.5, 0.6) is 5.88 Å². The number of carbonyl (C=O) groups excluding carboxylic acids is 1. The van der Waals surface area contributed by atoms with Gasteiger partial charge in [-0.05, 0) is 31.9 Å². The van der Waals surface area contributed by atoms with E-state index in [1.165, 1.54) is 5.56 Å². The number of amides is 1. The topological polar surface area (TPSA) is 58.2 Å². The van der Waals surface area contributed by atoms with Crippen molar-refractivity contribution in [1.29, 1.82) is 0 Å². The van der Waals surface area contributed by atoms with E-state index in [2.05, 4.69) is 16.9 Å². The number of nitrogens with one attached hydrogen (secondary N) is 1. The summed E-state index contributed by atoms with van der Waals surface area (Å²) >= 11 is 0. The summed E-state index contributed by atoms with van der Waals surface area (Å²) in [5.74, 6) is 0.844. The van der Waals surface area contributed by atoms with Crippen LogP contribution in [0.4, 0.5) is 0 Å². The molecule has 0 spiro atoms. The standard InChI is InChI=1S/C15H19N3O2.ClH/c1-10-11(2)17-14-12(10)5-6-16-15(14)20-9-8-18-7-3-4-13(18)19;/h5-6,17H,3-4,7-9H2,1-2H3;1H. The molecule has 2 aromatic heterocycles. The van der Waals surface area contributed by atoms with Gasteiger partial charge in [0.05, 0.1) is 6.54 Å². The molecule has 6 heteroatoms. The lowest BCUT2D eigenvalue weighted by Crippen LogP contribution is -2.29. The number of likely N-dealkylation sites (tertiary alicyclic amines) is 1. The van der Waals surface area contributed by atoms with E-state index in [0.717, 1.165) is 29.6 Å². The van der Waals surface area contributed by atoms with Crippen molar-refractivity contribution >= 4 is 29.2 Å². The molecule has 3 heterocycles. The van der Waals surface area contributed by atoms with Crippen molar-refractivity contribution < 1.29 is 9.53 Å². The first-order valence-corrected chi connectivity index (χ1v) is 7.01. The van der Waals surface area contributed by atoms with Gasteiger partial charge in [0, 0.05) is 30.2 Å². The number of aromatic amines is 1. The Kier molecular flexibility index (Phi) is 4.73. The summed E-state index contributed by atoms with van der Waals surface area (Å²) < 4.78 is 5.76. The van der Waals surface area contributed by atoms with E-state index in [1.807, 2.05) is 17.9 Å². The third kappa shape index (κ3) is 2.97. The third-order valence-electron chi connectivity index (χ3n) is 3.97. The molecule has 1 fully saturated rings. The summed E-state index contributed by atoms with van der Waals surface area (Å²) in [6.07, 6.45) is 3.39. The smallest absolute Gasteiger partial charge is 0.238 e. The Labute approximate surface area is 130 Å². The van der Waals surface area contributed by atoms with Crippen molar-refractivity contribution in [2.24, 2.45) is 0 Å². The van der Waals surface area contributed by atoms with E-state index in [1.54, 1.807) is 6.20 Å². The molecule has 1 aliphatic rings. The van der Waals surface area contributed by atoms with Gasteiger partial charge in [0.25, 0.3) is 0 Å². The Morgan fingerprint density at radius 3 is 2.95 bits per heavy atom. The average molecular weight is 310 g/mol. The number of aryl methyl sites for hydroxylation is 2. The van der Waals surface area contributed by atoms with Crippen LogP contribution in [-0.4, -0.2) is 40.5 Å². The summed E-state index contributed by atoms with van der Waals surface area (Å²) in [5.41, 5.74) is 3.30. The first-order valence-electron chi connectivity index (χ1n) is 7.01. The van der Waals surface area contributed by atoms with Gasteiger partial charge in [0.1, 0.15) is 12.1 Å². The van der Waals surface area contributed by atoms with Crippen molar-refractivity contribution in [2.45, 2.75) is 26.7 Å². The molecule has 114 valence electrons. The van der Waals surface area contributed by atoms with E-state index < -0.39 is 0 Å². The van der Waals surface area contributed by atoms with Gasteiger partial charge < -0.3 is 14.6 Å². The average Bonchev–Trinajstić information content (AvgIpc) is 2.97. The van der Waals surface area contributed by atoms with Crippen LogP contribution in [-0.2, 0) is 4.79 Å². The fraction of sp³-hybridized carbons (Fsp3) is 0.467. The number of aromatic nitrogens is 2. The molecule has 1 amide bonds. The molecule has 0 bridgehead atoms. The minimum absolute atomic E-state index is 0. The lowest BCUT2D eigenvalue weighted by Gasteiger charge is -2.15. The van der Waals surface area contributed by atoms with Crippen molar-refractivity contribution in [1.82, 2.24) is 14.9 Å². The maximum Gasteiger partial charge on any atom is 0.238 e. The predicted molar refractivity (Wildman–Crippen MR) is 84.1 cm³/mol. The highest BCUT2D eigenvalue weighted by molar-refractivity contribution is 5.87. The second kappa shape index (κ2) is 6.35. The zero-order valence-corrected chi connectivity index (χ0v) is 13.1. The largest absolute Gasteiger partial charge is 0.474 e. The Morgan fingerprint density at radius 1 is 1.43 bits per heavy atom. The summed E-state index contributed by atoms with van der Waals surface area (Å²) in [6, 6.07) is 1.99. The zero-order valence-electron chi connectivity index (χ0n) is 12.3. The number of nitrogens with zero attached hydrogens (tertiary/aromatic N) is 2. The first kappa shape index (κ1) is 15.6. The molecule has 1 saturated heterocycles. The monoisotopic (exact) mass is 309 g/mol. The second-order valence-electron chi connectivity index (χ2n) is 5.25. The number of carbonyl (C=O) groups is 1. The van der Waals surface area contributed by atoms with Gasteiger partial charge in [-0.1, -0.05) is 0 Å². The molecule has 2 aromatic rings. The number of ether oxygens (including phenoxy) is 1. The number of hydrogen-bond acceptors (Lipinski definition) is 3. The van der Waals surface area contributed by atoms with Crippen LogP contribution >= 0.6 is 12.4 Å². The van der Waals surface area contributed by atoms with Crippen LogP contribution in [0.25, 0.3) is 10.9 Å². The highest BCUT2D eigenvalue weighted by Crippen LogP contribution is 2.27. The van der Waals surface area contributed by atoms with Crippen LogP contribution in [0, 0.1) is 13.8 Å². The number of rotatable bonds is 4. The van der Waals surface area contributed by atoms with Gasteiger partial charge in [0.2, 0.25) is 11.8 Å². The SMILES string of the molecule is Cc1[nH]c2c(OCCN3CCCC3=O)nccc2c1C.Cl. The van der Waals surface area contributed by atoms with Crippen molar-refractivity contribution in [2.75, 3.05) is 19.7 Å². The highest BCUT2D eigenvalue weighted by Gasteiger charge is 2.19. The van der Waals surface area contributed by atoms with Gasteiger partial charge >= 0.3 is 0 Å². The molecular formula is C15H20ClN3O2. The maximum absolute atomic E-state index is 11.5. The Balaban J connectivity index is 0.00000161. The molecule has 0 radical (unpaired) electrons. The summed E-state index contributed by atoms with van der Waals surface area (Å²) in [4.78, 5) is 21.0. The summed E-state index contributed by atoms with van der Waals surface area (Å²) in [6.45, 7) is 6.09. The normalized spacial score (nSPS) is 14.6. The molecule has 0 atom stereocenters. The van der Waals surface area contributed by atoms with Gasteiger partial charge in [-0.3, -0.25) is 4.79 Å². The van der Waals surface area contributed by atoms with E-state index in [9.17, 15) is 4.79 Å². The molecule has 0 aliphatic carbocycles. The molecule has 3 rings (SSSR count). The van der Waals surface area contributed by atoms with Crippen molar-refractivity contribution in [3.05, 3.63) is 23.5 Å². The van der Waals surface area contributed by atoms with Gasteiger partial charge in [-0.25, -0.2) is 4.98 Å². The number of halogens is 1. The minimum Gasteiger partial charge on any atom is -0.474 e. The maximum atomic E-state index is 11.5. The molecule has 0 saturated carbocycles. The molecule has 5 nitrogen and oxygen atoms in total. The lowest BCUT2D eigenvalue weighted by molar-refractivity contribution is -0.128. The van der Waals surface area contributed by atoms with Crippen LogP contribution in [0.1, 0.15) is 24.1 Å². The first-order chi connectivity index (χ1) is 9.66. The van der Waals surface area contributed by atoms with E-state index in [4.69, 9.17) is 4.74 Å². The molecule has 21 heavy (non-hydrogen) atoms. The van der Waals surface area contributed by atoms with Crippen molar-refractivity contribution in [3.8, 4) is 5.88 Å². The fourth-order valence-electron chi connectivity index (χ4n) is 2.66.